The van der Waals surface area contributed by atoms with E-state index in [-0.39, 0.29) is 24.5 Å². The van der Waals surface area contributed by atoms with Gasteiger partial charge >= 0.3 is 6.16 Å². The van der Waals surface area contributed by atoms with Crippen LogP contribution in [0.25, 0.3) is 0 Å². The highest BCUT2D eigenvalue weighted by Gasteiger charge is 2.25. The van der Waals surface area contributed by atoms with Gasteiger partial charge in [0, 0.05) is 36.3 Å². The number of piperidine rings is 1. The molecule has 1 fully saturated rings. The third-order valence-electron chi connectivity index (χ3n) is 5.30. The lowest BCUT2D eigenvalue weighted by Gasteiger charge is -2.32. The van der Waals surface area contributed by atoms with Crippen molar-refractivity contribution in [3.05, 3.63) is 53.6 Å². The summed E-state index contributed by atoms with van der Waals surface area (Å²) in [6, 6.07) is 11.3. The van der Waals surface area contributed by atoms with Crippen LogP contribution in [0.2, 0.25) is 0 Å². The smallest absolute Gasteiger partial charge is 0.497 e. The number of nitrogens with zero attached hydrogens (tertiary/aromatic N) is 1. The third kappa shape index (κ3) is 6.38. The second-order valence-corrected chi connectivity index (χ2v) is 7.45. The van der Waals surface area contributed by atoms with Crippen molar-refractivity contribution in [1.29, 1.82) is 0 Å². The normalized spacial score (nSPS) is 13.7. The summed E-state index contributed by atoms with van der Waals surface area (Å²) < 4.78 is 20.2. The molecule has 1 N–H and O–H groups in total. The van der Waals surface area contributed by atoms with E-state index in [1.54, 1.807) is 54.3 Å². The summed E-state index contributed by atoms with van der Waals surface area (Å²) in [4.78, 5) is 38.6. The molecule has 33 heavy (non-hydrogen) atoms. The second-order valence-electron chi connectivity index (χ2n) is 7.45. The predicted octanol–water partition coefficient (Wildman–Crippen LogP) is 3.27. The molecule has 1 aliphatic rings. The van der Waals surface area contributed by atoms with Crippen molar-refractivity contribution in [2.45, 2.75) is 25.8 Å². The van der Waals surface area contributed by atoms with Gasteiger partial charge in [0.25, 0.3) is 11.8 Å². The summed E-state index contributed by atoms with van der Waals surface area (Å²) in [6.45, 7) is 2.95. The average molecular weight is 456 g/mol. The van der Waals surface area contributed by atoms with Gasteiger partial charge in [0.15, 0.2) is 0 Å². The molecule has 2 aromatic carbocycles. The van der Waals surface area contributed by atoms with Crippen molar-refractivity contribution in [2.24, 2.45) is 0 Å². The quantitative estimate of drug-likeness (QED) is 0.504. The molecule has 0 spiro atoms. The Morgan fingerprint density at radius 1 is 0.909 bits per heavy atom. The number of carbonyl (C=O) groups excluding carboxylic acids is 3. The van der Waals surface area contributed by atoms with E-state index in [4.69, 9.17) is 18.9 Å². The largest absolute Gasteiger partial charge is 0.513 e. The Morgan fingerprint density at radius 2 is 1.52 bits per heavy atom. The maximum atomic E-state index is 12.8. The monoisotopic (exact) mass is 456 g/mol. The highest BCUT2D eigenvalue weighted by atomic mass is 16.7. The number of methoxy groups -OCH3 is 2. The zero-order chi connectivity index (χ0) is 23.8. The first-order valence-electron chi connectivity index (χ1n) is 10.7. The van der Waals surface area contributed by atoms with Gasteiger partial charge in [-0.3, -0.25) is 9.59 Å². The maximum absolute atomic E-state index is 12.8. The molecule has 9 nitrogen and oxygen atoms in total. The summed E-state index contributed by atoms with van der Waals surface area (Å²) in [5, 5.41) is 3.02. The Morgan fingerprint density at radius 3 is 2.06 bits per heavy atom. The Bertz CT molecular complexity index is 961. The summed E-state index contributed by atoms with van der Waals surface area (Å²) in [7, 11) is 3.06. The van der Waals surface area contributed by atoms with E-state index in [2.05, 4.69) is 5.32 Å². The van der Waals surface area contributed by atoms with Crippen molar-refractivity contribution < 1.29 is 33.3 Å². The molecule has 2 amide bonds. The number of rotatable bonds is 7. The highest BCUT2D eigenvalue weighted by Crippen LogP contribution is 2.23. The third-order valence-corrected chi connectivity index (χ3v) is 5.30. The number of likely N-dealkylation sites (tertiary alicyclic amines) is 1. The first-order valence-corrected chi connectivity index (χ1v) is 10.7. The van der Waals surface area contributed by atoms with Crippen LogP contribution in [0.3, 0.4) is 0 Å². The van der Waals surface area contributed by atoms with Gasteiger partial charge in [0.1, 0.15) is 17.2 Å². The SMILES string of the molecule is CCOC(=O)Oc1ccc(C(=O)N2CCC(NC(=O)c3cc(OC)cc(OC)c3)CC2)cc1. The lowest BCUT2D eigenvalue weighted by molar-refractivity contribution is 0.0698. The summed E-state index contributed by atoms with van der Waals surface area (Å²) >= 11 is 0. The molecule has 1 aliphatic heterocycles. The van der Waals surface area contributed by atoms with E-state index < -0.39 is 6.16 Å². The van der Waals surface area contributed by atoms with Crippen LogP contribution in [0.1, 0.15) is 40.5 Å². The van der Waals surface area contributed by atoms with Gasteiger partial charge in [-0.05, 0) is 56.2 Å². The highest BCUT2D eigenvalue weighted by molar-refractivity contribution is 5.96. The number of nitrogens with one attached hydrogen (secondary N) is 1. The Balaban J connectivity index is 1.52. The predicted molar refractivity (Wildman–Crippen MR) is 120 cm³/mol. The Kier molecular flexibility index (Phi) is 8.12. The molecule has 1 saturated heterocycles. The van der Waals surface area contributed by atoms with E-state index in [0.717, 1.165) is 0 Å². The topological polar surface area (TPSA) is 103 Å². The van der Waals surface area contributed by atoms with Crippen molar-refractivity contribution >= 4 is 18.0 Å². The van der Waals surface area contributed by atoms with Gasteiger partial charge in [0.2, 0.25) is 0 Å². The van der Waals surface area contributed by atoms with Crippen molar-refractivity contribution in [3.63, 3.8) is 0 Å². The van der Waals surface area contributed by atoms with Crippen LogP contribution in [0.5, 0.6) is 17.2 Å². The van der Waals surface area contributed by atoms with E-state index >= 15 is 0 Å². The van der Waals surface area contributed by atoms with Gasteiger partial charge in [-0.25, -0.2) is 4.79 Å². The van der Waals surface area contributed by atoms with E-state index in [1.165, 1.54) is 14.2 Å². The van der Waals surface area contributed by atoms with Crippen LogP contribution in [-0.2, 0) is 4.74 Å². The van der Waals surface area contributed by atoms with E-state index in [0.29, 0.717) is 54.3 Å². The van der Waals surface area contributed by atoms with Crippen LogP contribution in [0.4, 0.5) is 4.79 Å². The van der Waals surface area contributed by atoms with Gasteiger partial charge in [-0.15, -0.1) is 0 Å². The molecule has 3 rings (SSSR count). The average Bonchev–Trinajstić information content (AvgIpc) is 2.84. The van der Waals surface area contributed by atoms with Gasteiger partial charge < -0.3 is 29.2 Å². The van der Waals surface area contributed by atoms with Gasteiger partial charge in [0.05, 0.1) is 20.8 Å². The molecule has 0 saturated carbocycles. The van der Waals surface area contributed by atoms with Gasteiger partial charge in [-0.1, -0.05) is 0 Å². The number of carbonyl (C=O) groups is 3. The summed E-state index contributed by atoms with van der Waals surface area (Å²) in [5.74, 6) is 1.06. The molecule has 0 aromatic heterocycles. The summed E-state index contributed by atoms with van der Waals surface area (Å²) in [5.41, 5.74) is 0.951. The summed E-state index contributed by atoms with van der Waals surface area (Å²) in [6.07, 6.45) is 0.499. The minimum atomic E-state index is -0.784. The Labute approximate surface area is 192 Å². The fourth-order valence-electron chi connectivity index (χ4n) is 3.53. The number of benzene rings is 2. The molecule has 0 aliphatic carbocycles. The molecule has 0 atom stereocenters. The van der Waals surface area contributed by atoms with Crippen molar-refractivity contribution in [1.82, 2.24) is 10.2 Å². The standard InChI is InChI=1S/C24H28N2O7/c1-4-32-24(29)33-19-7-5-16(6-8-19)23(28)26-11-9-18(10-12-26)25-22(27)17-13-20(30-2)15-21(14-17)31-3/h5-8,13-15,18H,4,9-12H2,1-3H3,(H,25,27). The molecule has 1 heterocycles. The maximum Gasteiger partial charge on any atom is 0.513 e. The number of hydrogen-bond acceptors (Lipinski definition) is 7. The molecule has 0 bridgehead atoms. The first-order chi connectivity index (χ1) is 15.9. The van der Waals surface area contributed by atoms with Crippen LogP contribution >= 0.6 is 0 Å². The molecular weight excluding hydrogens is 428 g/mol. The molecule has 176 valence electrons. The number of hydrogen-bond donors (Lipinski definition) is 1. The van der Waals surface area contributed by atoms with Crippen molar-refractivity contribution in [2.75, 3.05) is 33.9 Å². The number of amides is 2. The zero-order valence-corrected chi connectivity index (χ0v) is 19.0. The fraction of sp³-hybridized carbons (Fsp3) is 0.375. The molecule has 9 heteroatoms. The fourth-order valence-corrected chi connectivity index (χ4v) is 3.53. The van der Waals surface area contributed by atoms with Crippen LogP contribution in [0, 0.1) is 0 Å². The molecule has 0 unspecified atom stereocenters. The van der Waals surface area contributed by atoms with E-state index in [1.807, 2.05) is 0 Å². The Hall–Kier alpha value is -3.75. The van der Waals surface area contributed by atoms with Crippen molar-refractivity contribution in [3.8, 4) is 17.2 Å². The minimum Gasteiger partial charge on any atom is -0.497 e. The van der Waals surface area contributed by atoms with Crippen LogP contribution in [0.15, 0.2) is 42.5 Å². The molecule has 0 radical (unpaired) electrons. The zero-order valence-electron chi connectivity index (χ0n) is 19.0. The first kappa shape index (κ1) is 23.9. The lowest BCUT2D eigenvalue weighted by atomic mass is 10.0. The lowest BCUT2D eigenvalue weighted by Crippen LogP contribution is -2.46. The van der Waals surface area contributed by atoms with Crippen LogP contribution in [-0.4, -0.2) is 62.8 Å². The van der Waals surface area contributed by atoms with E-state index in [9.17, 15) is 14.4 Å². The molecular formula is C24H28N2O7. The van der Waals surface area contributed by atoms with Gasteiger partial charge in [-0.2, -0.15) is 0 Å². The number of ether oxygens (including phenoxy) is 4. The minimum absolute atomic E-state index is 0.0425. The van der Waals surface area contributed by atoms with Crippen LogP contribution < -0.4 is 19.5 Å². The molecule has 2 aromatic rings. The second kappa shape index (κ2) is 11.2.